The number of likely N-dealkylation sites (tertiary alicyclic amines) is 1. The molecule has 0 aromatic rings. The maximum atomic E-state index is 13.7. The number of amides is 1. The van der Waals surface area contributed by atoms with Gasteiger partial charge in [-0.05, 0) is 27.7 Å². The second-order valence-corrected chi connectivity index (χ2v) is 7.74. The SMILES string of the molecule is CCS(=O)(=O)N[C@@H]1CN(C(=O)OC(C)(C)C)CC1(F)F. The quantitative estimate of drug-likeness (QED) is 0.849. The van der Waals surface area contributed by atoms with Crippen LogP contribution < -0.4 is 4.72 Å². The average Bonchev–Trinajstić information content (AvgIpc) is 2.52. The highest BCUT2D eigenvalue weighted by Gasteiger charge is 2.51. The van der Waals surface area contributed by atoms with Crippen molar-refractivity contribution < 1.29 is 26.7 Å². The van der Waals surface area contributed by atoms with Gasteiger partial charge in [0.15, 0.2) is 0 Å². The topological polar surface area (TPSA) is 75.7 Å². The first kappa shape index (κ1) is 17.1. The number of rotatable bonds is 3. The molecular weight excluding hydrogens is 294 g/mol. The molecule has 1 heterocycles. The first-order chi connectivity index (χ1) is 8.86. The van der Waals surface area contributed by atoms with E-state index in [-0.39, 0.29) is 5.75 Å². The van der Waals surface area contributed by atoms with E-state index in [0.717, 1.165) is 4.90 Å². The lowest BCUT2D eigenvalue weighted by molar-refractivity contribution is -0.0122. The van der Waals surface area contributed by atoms with Crippen LogP contribution in [0.2, 0.25) is 0 Å². The molecule has 1 saturated heterocycles. The van der Waals surface area contributed by atoms with Gasteiger partial charge in [-0.25, -0.2) is 26.7 Å². The van der Waals surface area contributed by atoms with Crippen molar-refractivity contribution in [3.05, 3.63) is 0 Å². The zero-order chi connectivity index (χ0) is 15.8. The Morgan fingerprint density at radius 2 is 2.00 bits per heavy atom. The predicted molar refractivity (Wildman–Crippen MR) is 69.1 cm³/mol. The number of carbonyl (C=O) groups is 1. The highest BCUT2D eigenvalue weighted by molar-refractivity contribution is 7.89. The summed E-state index contributed by atoms with van der Waals surface area (Å²) in [6, 6.07) is -1.63. The molecule has 1 aliphatic heterocycles. The average molecular weight is 314 g/mol. The number of hydrogen-bond acceptors (Lipinski definition) is 4. The van der Waals surface area contributed by atoms with Crippen LogP contribution in [0.15, 0.2) is 0 Å². The van der Waals surface area contributed by atoms with Crippen molar-refractivity contribution in [2.45, 2.75) is 45.3 Å². The fraction of sp³-hybridized carbons (Fsp3) is 0.909. The molecule has 1 aliphatic rings. The molecule has 118 valence electrons. The normalized spacial score (nSPS) is 22.9. The zero-order valence-corrected chi connectivity index (χ0v) is 12.8. The van der Waals surface area contributed by atoms with Crippen molar-refractivity contribution in [1.82, 2.24) is 9.62 Å². The van der Waals surface area contributed by atoms with Crippen LogP contribution >= 0.6 is 0 Å². The van der Waals surface area contributed by atoms with E-state index in [1.54, 1.807) is 20.8 Å². The van der Waals surface area contributed by atoms with Gasteiger partial charge in [0.2, 0.25) is 10.0 Å². The maximum absolute atomic E-state index is 13.7. The number of sulfonamides is 1. The van der Waals surface area contributed by atoms with Crippen LogP contribution in [0.3, 0.4) is 0 Å². The standard InChI is InChI=1S/C11H20F2N2O4S/c1-5-20(17,18)14-8-6-15(7-11(8,12)13)9(16)19-10(2,3)4/h8,14H,5-7H2,1-4H3/t8-/m1/s1. The third-order valence-electron chi connectivity index (χ3n) is 2.67. The molecule has 1 amide bonds. The molecule has 9 heteroatoms. The molecule has 6 nitrogen and oxygen atoms in total. The van der Waals surface area contributed by atoms with E-state index in [1.165, 1.54) is 6.92 Å². The summed E-state index contributed by atoms with van der Waals surface area (Å²) in [6.07, 6.45) is -0.879. The van der Waals surface area contributed by atoms with Crippen LogP contribution in [-0.2, 0) is 14.8 Å². The second kappa shape index (κ2) is 5.44. The van der Waals surface area contributed by atoms with E-state index >= 15 is 0 Å². The summed E-state index contributed by atoms with van der Waals surface area (Å²) in [4.78, 5) is 12.5. The van der Waals surface area contributed by atoms with Crippen LogP contribution in [0.1, 0.15) is 27.7 Å². The summed E-state index contributed by atoms with van der Waals surface area (Å²) in [5.74, 6) is -3.62. The van der Waals surface area contributed by atoms with Crippen molar-refractivity contribution in [3.63, 3.8) is 0 Å². The summed E-state index contributed by atoms with van der Waals surface area (Å²) in [7, 11) is -3.77. The van der Waals surface area contributed by atoms with E-state index in [1.807, 2.05) is 4.72 Å². The molecule has 0 aromatic heterocycles. The van der Waals surface area contributed by atoms with Crippen LogP contribution in [0.5, 0.6) is 0 Å². The molecule has 0 unspecified atom stereocenters. The number of alkyl halides is 2. The minimum absolute atomic E-state index is 0.300. The molecule has 0 radical (unpaired) electrons. The number of nitrogens with one attached hydrogen (secondary N) is 1. The van der Waals surface area contributed by atoms with Crippen molar-refractivity contribution in [1.29, 1.82) is 0 Å². The van der Waals surface area contributed by atoms with Crippen LogP contribution in [0.25, 0.3) is 0 Å². The fourth-order valence-electron chi connectivity index (χ4n) is 1.67. The summed E-state index contributed by atoms with van der Waals surface area (Å²) >= 11 is 0. The highest BCUT2D eigenvalue weighted by atomic mass is 32.2. The van der Waals surface area contributed by atoms with Gasteiger partial charge in [0.25, 0.3) is 5.92 Å². The fourth-order valence-corrected chi connectivity index (χ4v) is 2.52. The molecule has 1 rings (SSSR count). The van der Waals surface area contributed by atoms with E-state index in [4.69, 9.17) is 4.74 Å². The van der Waals surface area contributed by atoms with Crippen LogP contribution in [0, 0.1) is 0 Å². The summed E-state index contributed by atoms with van der Waals surface area (Å²) in [5.41, 5.74) is -0.798. The van der Waals surface area contributed by atoms with Crippen LogP contribution in [0.4, 0.5) is 13.6 Å². The summed E-state index contributed by atoms with van der Waals surface area (Å²) < 4.78 is 57.1. The summed E-state index contributed by atoms with van der Waals surface area (Å²) in [6.45, 7) is 4.93. The number of halogens is 2. The number of carbonyl (C=O) groups excluding carboxylic acids is 1. The Morgan fingerprint density at radius 3 is 2.45 bits per heavy atom. The largest absolute Gasteiger partial charge is 0.444 e. The summed E-state index contributed by atoms with van der Waals surface area (Å²) in [5, 5.41) is 0. The molecule has 1 fully saturated rings. The smallest absolute Gasteiger partial charge is 0.410 e. The Bertz CT molecular complexity index is 473. The Balaban J connectivity index is 2.77. The molecule has 0 aromatic carbocycles. The number of hydrogen-bond donors (Lipinski definition) is 1. The molecule has 1 atom stereocenters. The van der Waals surface area contributed by atoms with Gasteiger partial charge in [-0.2, -0.15) is 0 Å². The van der Waals surface area contributed by atoms with Gasteiger partial charge in [-0.15, -0.1) is 0 Å². The zero-order valence-electron chi connectivity index (χ0n) is 11.9. The third-order valence-corrected chi connectivity index (χ3v) is 4.07. The molecule has 0 spiro atoms. The third kappa shape index (κ3) is 4.55. The Hall–Kier alpha value is -0.960. The molecule has 20 heavy (non-hydrogen) atoms. The van der Waals surface area contributed by atoms with Gasteiger partial charge in [-0.3, -0.25) is 0 Å². The number of ether oxygens (including phenoxy) is 1. The molecule has 1 N–H and O–H groups in total. The molecule has 0 aliphatic carbocycles. The van der Waals surface area contributed by atoms with Crippen LogP contribution in [-0.4, -0.2) is 55.8 Å². The van der Waals surface area contributed by atoms with E-state index in [9.17, 15) is 22.0 Å². The van der Waals surface area contributed by atoms with E-state index in [2.05, 4.69) is 0 Å². The van der Waals surface area contributed by atoms with Crippen molar-refractivity contribution in [2.24, 2.45) is 0 Å². The first-order valence-electron chi connectivity index (χ1n) is 6.22. The van der Waals surface area contributed by atoms with E-state index < -0.39 is 46.8 Å². The lowest BCUT2D eigenvalue weighted by atomic mass is 10.2. The lowest BCUT2D eigenvalue weighted by Crippen LogP contribution is -2.47. The van der Waals surface area contributed by atoms with Crippen molar-refractivity contribution in [3.8, 4) is 0 Å². The predicted octanol–water partition coefficient (Wildman–Crippen LogP) is 1.18. The first-order valence-corrected chi connectivity index (χ1v) is 7.87. The molecule has 0 bridgehead atoms. The minimum Gasteiger partial charge on any atom is -0.444 e. The van der Waals surface area contributed by atoms with Gasteiger partial charge >= 0.3 is 6.09 Å². The second-order valence-electron chi connectivity index (χ2n) is 5.70. The lowest BCUT2D eigenvalue weighted by Gasteiger charge is -2.24. The molecule has 0 saturated carbocycles. The number of nitrogens with zero attached hydrogens (tertiary/aromatic N) is 1. The van der Waals surface area contributed by atoms with Crippen molar-refractivity contribution >= 4 is 16.1 Å². The van der Waals surface area contributed by atoms with Gasteiger partial charge in [0.05, 0.1) is 12.3 Å². The highest BCUT2D eigenvalue weighted by Crippen LogP contribution is 2.29. The van der Waals surface area contributed by atoms with E-state index in [0.29, 0.717) is 0 Å². The Labute approximate surface area is 117 Å². The van der Waals surface area contributed by atoms with Gasteiger partial charge in [0, 0.05) is 6.54 Å². The monoisotopic (exact) mass is 314 g/mol. The maximum Gasteiger partial charge on any atom is 0.410 e. The molecular formula is C11H20F2N2O4S. The van der Waals surface area contributed by atoms with Gasteiger partial charge in [0.1, 0.15) is 11.6 Å². The Kier molecular flexibility index (Phi) is 4.65. The van der Waals surface area contributed by atoms with Crippen molar-refractivity contribution in [2.75, 3.05) is 18.8 Å². The Morgan fingerprint density at radius 1 is 1.45 bits per heavy atom. The minimum atomic E-state index is -3.77. The van der Waals surface area contributed by atoms with Gasteiger partial charge < -0.3 is 9.64 Å². The van der Waals surface area contributed by atoms with Gasteiger partial charge in [-0.1, -0.05) is 0 Å².